The number of carbonyl (C=O) groups is 1. The monoisotopic (exact) mass is 326 g/mol. The van der Waals surface area contributed by atoms with Gasteiger partial charge in [0.1, 0.15) is 5.41 Å². The molecule has 1 saturated carbocycles. The Hall–Kier alpha value is -1.40. The van der Waals surface area contributed by atoms with Gasteiger partial charge >= 0.3 is 5.97 Å². The summed E-state index contributed by atoms with van der Waals surface area (Å²) in [4.78, 5) is 11.8. The predicted octanol–water partition coefficient (Wildman–Crippen LogP) is 1.87. The second kappa shape index (κ2) is 6.01. The standard InChI is InChI=1S/C16H22O5S/c1-4-11-6-8-12(9-7-11)13-14(22(19,20)5-2)16(13,10-21-3)15(17)18/h6-9,13-14H,4-5,10H2,1-3H3,(H,17,18)/t13-,14+,16-/m1/s1. The molecule has 0 heterocycles. The highest BCUT2D eigenvalue weighted by Gasteiger charge is 2.75. The summed E-state index contributed by atoms with van der Waals surface area (Å²) in [5, 5.41) is 8.73. The van der Waals surface area contributed by atoms with Crippen molar-refractivity contribution in [3.05, 3.63) is 35.4 Å². The Labute approximate surface area is 131 Å². The quantitative estimate of drug-likeness (QED) is 0.827. The van der Waals surface area contributed by atoms with Crippen LogP contribution in [0.1, 0.15) is 30.9 Å². The van der Waals surface area contributed by atoms with E-state index in [4.69, 9.17) is 4.74 Å². The lowest BCUT2D eigenvalue weighted by atomic mass is 9.99. The number of aliphatic carboxylic acids is 1. The molecule has 2 rings (SSSR count). The van der Waals surface area contributed by atoms with E-state index in [0.29, 0.717) is 0 Å². The first kappa shape index (κ1) is 17.0. The Balaban J connectivity index is 2.48. The number of benzene rings is 1. The molecule has 0 radical (unpaired) electrons. The summed E-state index contributed by atoms with van der Waals surface area (Å²) in [5.74, 6) is -1.73. The number of sulfone groups is 1. The lowest BCUT2D eigenvalue weighted by molar-refractivity contribution is -0.145. The van der Waals surface area contributed by atoms with E-state index < -0.39 is 32.4 Å². The van der Waals surface area contributed by atoms with Crippen LogP contribution in [0.3, 0.4) is 0 Å². The van der Waals surface area contributed by atoms with Gasteiger partial charge in [-0.3, -0.25) is 4.79 Å². The molecule has 1 aromatic carbocycles. The van der Waals surface area contributed by atoms with E-state index in [-0.39, 0.29) is 12.4 Å². The molecule has 0 unspecified atom stereocenters. The maximum atomic E-state index is 12.3. The number of rotatable bonds is 7. The fourth-order valence-corrected chi connectivity index (χ4v) is 5.32. The van der Waals surface area contributed by atoms with Gasteiger partial charge < -0.3 is 9.84 Å². The average molecular weight is 326 g/mol. The summed E-state index contributed by atoms with van der Waals surface area (Å²) in [6.45, 7) is 3.47. The van der Waals surface area contributed by atoms with E-state index in [2.05, 4.69) is 0 Å². The van der Waals surface area contributed by atoms with Gasteiger partial charge in [-0.2, -0.15) is 0 Å². The number of aryl methyl sites for hydroxylation is 1. The van der Waals surface area contributed by atoms with Crippen molar-refractivity contribution in [1.82, 2.24) is 0 Å². The first-order valence-electron chi connectivity index (χ1n) is 7.37. The average Bonchev–Trinajstić information content (AvgIpc) is 3.19. The minimum absolute atomic E-state index is 0.0695. The molecule has 5 nitrogen and oxygen atoms in total. The van der Waals surface area contributed by atoms with E-state index in [1.807, 2.05) is 31.2 Å². The van der Waals surface area contributed by atoms with Crippen molar-refractivity contribution >= 4 is 15.8 Å². The summed E-state index contributed by atoms with van der Waals surface area (Å²) in [7, 11) is -2.07. The van der Waals surface area contributed by atoms with Crippen molar-refractivity contribution < 1.29 is 23.1 Å². The number of methoxy groups -OCH3 is 1. The molecule has 0 spiro atoms. The zero-order valence-electron chi connectivity index (χ0n) is 13.1. The number of carboxylic acids is 1. The molecule has 1 N–H and O–H groups in total. The van der Waals surface area contributed by atoms with Crippen molar-refractivity contribution in [3.8, 4) is 0 Å². The fourth-order valence-electron chi connectivity index (χ4n) is 3.27. The second-order valence-corrected chi connectivity index (χ2v) is 8.13. The maximum absolute atomic E-state index is 12.3. The molecule has 0 aliphatic heterocycles. The van der Waals surface area contributed by atoms with Crippen molar-refractivity contribution in [2.75, 3.05) is 19.5 Å². The Morgan fingerprint density at radius 3 is 2.27 bits per heavy atom. The van der Waals surface area contributed by atoms with E-state index >= 15 is 0 Å². The van der Waals surface area contributed by atoms with Crippen LogP contribution < -0.4 is 0 Å². The Bertz CT molecular complexity index is 650. The number of hydrogen-bond donors (Lipinski definition) is 1. The Kier molecular flexibility index (Phi) is 4.63. The third-order valence-corrected chi connectivity index (χ3v) is 6.85. The van der Waals surface area contributed by atoms with Crippen LogP contribution in [-0.4, -0.2) is 44.2 Å². The van der Waals surface area contributed by atoms with Crippen LogP contribution in [0, 0.1) is 5.41 Å². The molecule has 1 aliphatic carbocycles. The molecule has 0 bridgehead atoms. The second-order valence-electron chi connectivity index (χ2n) is 5.72. The van der Waals surface area contributed by atoms with Crippen LogP contribution >= 0.6 is 0 Å². The van der Waals surface area contributed by atoms with Crippen LogP contribution in [-0.2, 0) is 25.8 Å². The predicted molar refractivity (Wildman–Crippen MR) is 83.8 cm³/mol. The van der Waals surface area contributed by atoms with Gasteiger partial charge in [0.15, 0.2) is 9.84 Å². The van der Waals surface area contributed by atoms with Crippen molar-refractivity contribution in [3.63, 3.8) is 0 Å². The highest BCUT2D eigenvalue weighted by atomic mass is 32.2. The molecule has 0 aromatic heterocycles. The van der Waals surface area contributed by atoms with Gasteiger partial charge in [0.2, 0.25) is 0 Å². The number of hydrogen-bond acceptors (Lipinski definition) is 4. The molecule has 122 valence electrons. The zero-order chi connectivity index (χ0) is 16.5. The summed E-state index contributed by atoms with van der Waals surface area (Å²) < 4.78 is 29.7. The van der Waals surface area contributed by atoms with E-state index in [1.54, 1.807) is 6.92 Å². The van der Waals surface area contributed by atoms with Gasteiger partial charge in [-0.25, -0.2) is 8.42 Å². The van der Waals surface area contributed by atoms with Gasteiger partial charge in [-0.1, -0.05) is 38.1 Å². The lowest BCUT2D eigenvalue weighted by Crippen LogP contribution is -2.29. The topological polar surface area (TPSA) is 80.7 Å². The first-order chi connectivity index (χ1) is 10.3. The van der Waals surface area contributed by atoms with Crippen LogP contribution in [0.2, 0.25) is 0 Å². The van der Waals surface area contributed by atoms with Gasteiger partial charge in [0, 0.05) is 18.8 Å². The third kappa shape index (κ3) is 2.54. The Morgan fingerprint density at radius 2 is 1.86 bits per heavy atom. The first-order valence-corrected chi connectivity index (χ1v) is 9.09. The molecule has 0 amide bonds. The van der Waals surface area contributed by atoms with E-state index in [1.165, 1.54) is 7.11 Å². The SMILES string of the molecule is CCc1ccc([C@@H]2[C@H](S(=O)(=O)CC)[C@]2(COC)C(=O)O)cc1. The van der Waals surface area contributed by atoms with Gasteiger partial charge in [-0.05, 0) is 17.5 Å². The molecular formula is C16H22O5S. The molecule has 1 aliphatic rings. The van der Waals surface area contributed by atoms with Gasteiger partial charge in [-0.15, -0.1) is 0 Å². The third-order valence-electron chi connectivity index (χ3n) is 4.57. The molecule has 0 saturated heterocycles. The highest BCUT2D eigenvalue weighted by Crippen LogP contribution is 2.63. The minimum Gasteiger partial charge on any atom is -0.481 e. The van der Waals surface area contributed by atoms with E-state index in [9.17, 15) is 18.3 Å². The van der Waals surface area contributed by atoms with Crippen molar-refractivity contribution in [1.29, 1.82) is 0 Å². The summed E-state index contributed by atoms with van der Waals surface area (Å²) >= 11 is 0. The summed E-state index contributed by atoms with van der Waals surface area (Å²) in [6, 6.07) is 7.51. The van der Waals surface area contributed by atoms with E-state index in [0.717, 1.165) is 17.5 Å². The van der Waals surface area contributed by atoms with Gasteiger partial charge in [0.25, 0.3) is 0 Å². The van der Waals surface area contributed by atoms with Crippen LogP contribution in [0.4, 0.5) is 0 Å². The largest absolute Gasteiger partial charge is 0.481 e. The normalized spacial score (nSPS) is 27.6. The lowest BCUT2D eigenvalue weighted by Gasteiger charge is -2.11. The van der Waals surface area contributed by atoms with Gasteiger partial charge in [0.05, 0.1) is 11.9 Å². The molecule has 1 fully saturated rings. The minimum atomic E-state index is -3.47. The fraction of sp³-hybridized carbons (Fsp3) is 0.562. The molecule has 3 atom stereocenters. The molecular weight excluding hydrogens is 304 g/mol. The molecule has 22 heavy (non-hydrogen) atoms. The zero-order valence-corrected chi connectivity index (χ0v) is 13.9. The molecule has 1 aromatic rings. The Morgan fingerprint density at radius 1 is 1.27 bits per heavy atom. The number of carboxylic acid groups (broad SMARTS) is 1. The number of ether oxygens (including phenoxy) is 1. The maximum Gasteiger partial charge on any atom is 0.314 e. The molecule has 6 heteroatoms. The van der Waals surface area contributed by atoms with Crippen molar-refractivity contribution in [2.24, 2.45) is 5.41 Å². The smallest absolute Gasteiger partial charge is 0.314 e. The highest BCUT2D eigenvalue weighted by molar-refractivity contribution is 7.92. The summed E-state index contributed by atoms with van der Waals surface area (Å²) in [5.41, 5.74) is 0.503. The summed E-state index contributed by atoms with van der Waals surface area (Å²) in [6.07, 6.45) is 0.879. The van der Waals surface area contributed by atoms with Crippen LogP contribution in [0.15, 0.2) is 24.3 Å². The van der Waals surface area contributed by atoms with Crippen molar-refractivity contribution in [2.45, 2.75) is 31.4 Å². The van der Waals surface area contributed by atoms with Crippen LogP contribution in [0.25, 0.3) is 0 Å². The van der Waals surface area contributed by atoms with Crippen LogP contribution in [0.5, 0.6) is 0 Å².